The molecule has 0 aliphatic carbocycles. The summed E-state index contributed by atoms with van der Waals surface area (Å²) < 4.78 is 32.8. The number of carbonyl (C=O) groups is 1. The van der Waals surface area contributed by atoms with Crippen molar-refractivity contribution >= 4 is 23.2 Å². The number of piperazine rings is 1. The summed E-state index contributed by atoms with van der Waals surface area (Å²) in [6.07, 6.45) is -0.345. The van der Waals surface area contributed by atoms with Crippen LogP contribution in [0.5, 0.6) is 11.8 Å². The molecule has 0 bridgehead atoms. The van der Waals surface area contributed by atoms with Crippen LogP contribution in [-0.2, 0) is 18.0 Å². The lowest BCUT2D eigenvalue weighted by molar-refractivity contribution is 0.0240. The third kappa shape index (κ3) is 8.38. The summed E-state index contributed by atoms with van der Waals surface area (Å²) in [6, 6.07) is 28.3. The molecular weight excluding hydrogens is 547 g/mol. The maximum absolute atomic E-state index is 15.4. The number of nitrogens with zero attached hydrogens (tertiary/aromatic N) is 3. The Morgan fingerprint density at radius 2 is 1.47 bits per heavy atom. The molecule has 0 spiro atoms. The molecule has 2 heterocycles. The Labute approximate surface area is 252 Å². The first kappa shape index (κ1) is 29.7. The largest absolute Gasteiger partial charge is 0.473 e. The standard InChI is InChI=1S/C34H37FN4O4/c1-34(2,3)43-33(40)39-20-18-38(19-21-39)30-16-14-27(22-28(30)35)36-29-15-17-31(41-23-25-10-6-4-7-11-25)37-32(29)42-24-26-12-8-5-9-13-26/h4-17,22,36H,18-21,23-24H2,1-3H3. The van der Waals surface area contributed by atoms with E-state index in [0.29, 0.717) is 68.2 Å². The number of nitrogens with one attached hydrogen (secondary N) is 1. The maximum atomic E-state index is 15.4. The summed E-state index contributed by atoms with van der Waals surface area (Å²) in [4.78, 5) is 20.6. The first-order valence-corrected chi connectivity index (χ1v) is 14.4. The summed E-state index contributed by atoms with van der Waals surface area (Å²) in [5.74, 6) is 0.403. The van der Waals surface area contributed by atoms with Gasteiger partial charge in [-0.2, -0.15) is 4.98 Å². The average molecular weight is 585 g/mol. The van der Waals surface area contributed by atoms with E-state index >= 15 is 4.39 Å². The van der Waals surface area contributed by atoms with Crippen molar-refractivity contribution in [2.24, 2.45) is 0 Å². The number of aromatic nitrogens is 1. The molecule has 0 atom stereocenters. The predicted octanol–water partition coefficient (Wildman–Crippen LogP) is 7.18. The molecule has 4 aromatic rings. The third-order valence-electron chi connectivity index (χ3n) is 6.78. The van der Waals surface area contributed by atoms with Gasteiger partial charge in [0.2, 0.25) is 11.8 Å². The second kappa shape index (κ2) is 13.5. The van der Waals surface area contributed by atoms with Crippen molar-refractivity contribution < 1.29 is 23.4 Å². The van der Waals surface area contributed by atoms with E-state index in [4.69, 9.17) is 14.2 Å². The molecule has 1 aliphatic heterocycles. The van der Waals surface area contributed by atoms with Gasteiger partial charge in [0.15, 0.2) is 0 Å². The normalized spacial score (nSPS) is 13.4. The molecule has 0 saturated carbocycles. The molecule has 43 heavy (non-hydrogen) atoms. The third-order valence-corrected chi connectivity index (χ3v) is 6.78. The van der Waals surface area contributed by atoms with E-state index in [9.17, 15) is 4.79 Å². The van der Waals surface area contributed by atoms with E-state index in [2.05, 4.69) is 10.3 Å². The van der Waals surface area contributed by atoms with Gasteiger partial charge in [-0.05, 0) is 56.2 Å². The maximum Gasteiger partial charge on any atom is 0.410 e. The molecule has 1 fully saturated rings. The average Bonchev–Trinajstić information content (AvgIpc) is 3.00. The van der Waals surface area contributed by atoms with E-state index in [1.54, 1.807) is 17.0 Å². The summed E-state index contributed by atoms with van der Waals surface area (Å²) in [7, 11) is 0. The highest BCUT2D eigenvalue weighted by Crippen LogP contribution is 2.32. The van der Waals surface area contributed by atoms with Crippen LogP contribution in [0.1, 0.15) is 31.9 Å². The van der Waals surface area contributed by atoms with Crippen LogP contribution in [0.3, 0.4) is 0 Å². The Bertz CT molecular complexity index is 1500. The highest BCUT2D eigenvalue weighted by Gasteiger charge is 2.27. The summed E-state index contributed by atoms with van der Waals surface area (Å²) in [6.45, 7) is 8.15. The minimum absolute atomic E-state index is 0.313. The van der Waals surface area contributed by atoms with Gasteiger partial charge in [-0.1, -0.05) is 60.7 Å². The van der Waals surface area contributed by atoms with Crippen LogP contribution in [0.25, 0.3) is 0 Å². The van der Waals surface area contributed by atoms with Crippen molar-refractivity contribution in [2.75, 3.05) is 36.4 Å². The van der Waals surface area contributed by atoms with Gasteiger partial charge < -0.3 is 29.3 Å². The Hall–Kier alpha value is -4.79. The van der Waals surface area contributed by atoms with E-state index in [1.165, 1.54) is 6.07 Å². The number of ether oxygens (including phenoxy) is 3. The van der Waals surface area contributed by atoms with Gasteiger partial charge in [0.05, 0.1) is 5.69 Å². The zero-order chi connectivity index (χ0) is 30.2. The summed E-state index contributed by atoms with van der Waals surface area (Å²) in [5, 5.41) is 3.25. The molecule has 9 heteroatoms. The first-order chi connectivity index (χ1) is 20.7. The lowest BCUT2D eigenvalue weighted by Gasteiger charge is -2.36. The quantitative estimate of drug-likeness (QED) is 0.223. The molecule has 5 rings (SSSR count). The Morgan fingerprint density at radius 3 is 2.07 bits per heavy atom. The van der Waals surface area contributed by atoms with Crippen molar-refractivity contribution in [1.82, 2.24) is 9.88 Å². The molecule has 1 saturated heterocycles. The summed E-state index contributed by atoms with van der Waals surface area (Å²) >= 11 is 0. The number of carbonyl (C=O) groups excluding carboxylic acids is 1. The fourth-order valence-electron chi connectivity index (χ4n) is 4.62. The first-order valence-electron chi connectivity index (χ1n) is 14.4. The molecule has 1 aliphatic rings. The van der Waals surface area contributed by atoms with Crippen molar-refractivity contribution in [3.8, 4) is 11.8 Å². The molecule has 1 N–H and O–H groups in total. The predicted molar refractivity (Wildman–Crippen MR) is 165 cm³/mol. The smallest absolute Gasteiger partial charge is 0.410 e. The highest BCUT2D eigenvalue weighted by atomic mass is 19.1. The lowest BCUT2D eigenvalue weighted by atomic mass is 10.2. The van der Waals surface area contributed by atoms with Crippen molar-refractivity contribution in [3.05, 3.63) is 108 Å². The van der Waals surface area contributed by atoms with Gasteiger partial charge in [0.1, 0.15) is 30.3 Å². The molecule has 8 nitrogen and oxygen atoms in total. The number of halogens is 1. The van der Waals surface area contributed by atoms with Crippen LogP contribution >= 0.6 is 0 Å². The van der Waals surface area contributed by atoms with Gasteiger partial charge in [-0.3, -0.25) is 0 Å². The van der Waals surface area contributed by atoms with Gasteiger partial charge in [-0.15, -0.1) is 0 Å². The zero-order valence-electron chi connectivity index (χ0n) is 24.8. The zero-order valence-corrected chi connectivity index (χ0v) is 24.8. The summed E-state index contributed by atoms with van der Waals surface area (Å²) in [5.41, 5.74) is 3.09. The van der Waals surface area contributed by atoms with Gasteiger partial charge in [0, 0.05) is 37.9 Å². The number of amides is 1. The van der Waals surface area contributed by atoms with Crippen LogP contribution in [0, 0.1) is 5.82 Å². The number of benzene rings is 3. The number of rotatable bonds is 9. The van der Waals surface area contributed by atoms with E-state index < -0.39 is 5.60 Å². The lowest BCUT2D eigenvalue weighted by Crippen LogP contribution is -2.50. The SMILES string of the molecule is CC(C)(C)OC(=O)N1CCN(c2ccc(Nc3ccc(OCc4ccccc4)nc3OCc3ccccc3)cc2F)CC1. The van der Waals surface area contributed by atoms with Crippen molar-refractivity contribution in [1.29, 1.82) is 0 Å². The van der Waals surface area contributed by atoms with Crippen molar-refractivity contribution in [3.63, 3.8) is 0 Å². The van der Waals surface area contributed by atoms with E-state index in [0.717, 1.165) is 11.1 Å². The molecule has 0 radical (unpaired) electrons. The van der Waals surface area contributed by atoms with Crippen LogP contribution < -0.4 is 19.7 Å². The van der Waals surface area contributed by atoms with Crippen LogP contribution in [0.2, 0.25) is 0 Å². The monoisotopic (exact) mass is 584 g/mol. The van der Waals surface area contributed by atoms with Gasteiger partial charge in [-0.25, -0.2) is 9.18 Å². The Kier molecular flexibility index (Phi) is 9.29. The second-order valence-electron chi connectivity index (χ2n) is 11.3. The molecule has 1 aromatic heterocycles. The van der Waals surface area contributed by atoms with Crippen LogP contribution in [0.4, 0.5) is 26.2 Å². The van der Waals surface area contributed by atoms with Crippen LogP contribution in [-0.4, -0.2) is 47.8 Å². The van der Waals surface area contributed by atoms with E-state index in [1.807, 2.05) is 98.5 Å². The molecule has 3 aromatic carbocycles. The van der Waals surface area contributed by atoms with E-state index in [-0.39, 0.29) is 11.9 Å². The topological polar surface area (TPSA) is 76.2 Å². The number of anilines is 3. The van der Waals surface area contributed by atoms with Gasteiger partial charge >= 0.3 is 6.09 Å². The highest BCUT2D eigenvalue weighted by molar-refractivity contribution is 5.69. The second-order valence-corrected chi connectivity index (χ2v) is 11.3. The number of pyridine rings is 1. The minimum atomic E-state index is -0.555. The van der Waals surface area contributed by atoms with Crippen LogP contribution in [0.15, 0.2) is 91.0 Å². The molecular formula is C34H37FN4O4. The van der Waals surface area contributed by atoms with Gasteiger partial charge in [0.25, 0.3) is 0 Å². The molecule has 0 unspecified atom stereocenters. The molecule has 224 valence electrons. The van der Waals surface area contributed by atoms with Crippen molar-refractivity contribution in [2.45, 2.75) is 39.6 Å². The Morgan fingerprint density at radius 1 is 0.837 bits per heavy atom. The Balaban J connectivity index is 1.27. The minimum Gasteiger partial charge on any atom is -0.473 e. The fraction of sp³-hybridized carbons (Fsp3) is 0.294. The number of hydrogen-bond donors (Lipinski definition) is 1. The fourth-order valence-corrected chi connectivity index (χ4v) is 4.62. The number of hydrogen-bond acceptors (Lipinski definition) is 7. The molecule has 1 amide bonds.